The van der Waals surface area contributed by atoms with Gasteiger partial charge >= 0.3 is 0 Å². The second kappa shape index (κ2) is 5.50. The molecule has 98 valence electrons. The lowest BCUT2D eigenvalue weighted by Crippen LogP contribution is -2.25. The number of thiophene rings is 2. The van der Waals surface area contributed by atoms with Crippen molar-refractivity contribution in [3.05, 3.63) is 39.4 Å². The van der Waals surface area contributed by atoms with Gasteiger partial charge in [0.05, 0.1) is 6.61 Å². The molecule has 0 saturated carbocycles. The van der Waals surface area contributed by atoms with Crippen molar-refractivity contribution in [3.8, 4) is 0 Å². The molecule has 7 heteroatoms. The maximum Gasteiger partial charge on any atom is 0.250 e. The van der Waals surface area contributed by atoms with Gasteiger partial charge in [-0.2, -0.15) is 11.3 Å². The summed E-state index contributed by atoms with van der Waals surface area (Å²) in [5.74, 6) is 0. The van der Waals surface area contributed by atoms with Crippen molar-refractivity contribution in [3.63, 3.8) is 0 Å². The Labute approximate surface area is 114 Å². The van der Waals surface area contributed by atoms with Gasteiger partial charge in [0.25, 0.3) is 10.0 Å². The zero-order valence-corrected chi connectivity index (χ0v) is 12.1. The lowest BCUT2D eigenvalue weighted by atomic mass is 10.2. The summed E-state index contributed by atoms with van der Waals surface area (Å²) in [7, 11) is -3.51. The maximum absolute atomic E-state index is 12.1. The minimum Gasteiger partial charge on any atom is -0.392 e. The van der Waals surface area contributed by atoms with Crippen molar-refractivity contribution < 1.29 is 13.5 Å². The second-order valence-corrected chi connectivity index (χ2v) is 7.46. The van der Waals surface area contributed by atoms with E-state index >= 15 is 0 Å². The van der Waals surface area contributed by atoms with E-state index in [1.165, 1.54) is 17.4 Å². The van der Waals surface area contributed by atoms with Crippen LogP contribution in [0.25, 0.3) is 0 Å². The van der Waals surface area contributed by atoms with Gasteiger partial charge in [0, 0.05) is 6.04 Å². The van der Waals surface area contributed by atoms with Crippen LogP contribution in [0.5, 0.6) is 0 Å². The molecule has 18 heavy (non-hydrogen) atoms. The fraction of sp³-hybridized carbons (Fsp3) is 0.273. The standard InChI is InChI=1S/C11H13NO3S3/c1-8(10-2-3-16-7-10)12-18(14,15)11-4-9(5-13)6-17-11/h2-4,6-8,12-13H,5H2,1H3. The molecule has 0 saturated heterocycles. The highest BCUT2D eigenvalue weighted by Crippen LogP contribution is 2.23. The Morgan fingerprint density at radius 1 is 1.44 bits per heavy atom. The molecule has 2 aromatic heterocycles. The van der Waals surface area contributed by atoms with Gasteiger partial charge in [-0.3, -0.25) is 0 Å². The molecule has 0 bridgehead atoms. The van der Waals surface area contributed by atoms with Gasteiger partial charge in [0.2, 0.25) is 0 Å². The Morgan fingerprint density at radius 2 is 2.22 bits per heavy atom. The molecule has 0 aromatic carbocycles. The average molecular weight is 303 g/mol. The van der Waals surface area contributed by atoms with E-state index in [9.17, 15) is 8.42 Å². The van der Waals surface area contributed by atoms with Crippen molar-refractivity contribution in [2.75, 3.05) is 0 Å². The minimum absolute atomic E-state index is 0.147. The van der Waals surface area contributed by atoms with Gasteiger partial charge in [0.15, 0.2) is 0 Å². The number of nitrogens with one attached hydrogen (secondary N) is 1. The van der Waals surface area contributed by atoms with Crippen molar-refractivity contribution in [2.45, 2.75) is 23.8 Å². The summed E-state index contributed by atoms with van der Waals surface area (Å²) in [5, 5.41) is 14.4. The predicted molar refractivity (Wildman–Crippen MR) is 73.3 cm³/mol. The first-order chi connectivity index (χ1) is 8.53. The molecular formula is C11H13NO3S3. The normalized spacial score (nSPS) is 13.7. The van der Waals surface area contributed by atoms with Crippen LogP contribution in [-0.2, 0) is 16.6 Å². The van der Waals surface area contributed by atoms with Crippen molar-refractivity contribution in [1.29, 1.82) is 0 Å². The van der Waals surface area contributed by atoms with Gasteiger partial charge < -0.3 is 5.11 Å². The third kappa shape index (κ3) is 2.99. The Kier molecular flexibility index (Phi) is 4.18. The van der Waals surface area contributed by atoms with Crippen LogP contribution < -0.4 is 4.72 Å². The van der Waals surface area contributed by atoms with Crippen LogP contribution in [0.1, 0.15) is 24.1 Å². The number of hydrogen-bond donors (Lipinski definition) is 2. The van der Waals surface area contributed by atoms with Gasteiger partial charge in [-0.15, -0.1) is 11.3 Å². The summed E-state index contributed by atoms with van der Waals surface area (Å²) in [6, 6.07) is 3.12. The summed E-state index contributed by atoms with van der Waals surface area (Å²) >= 11 is 2.64. The second-order valence-electron chi connectivity index (χ2n) is 3.83. The summed E-state index contributed by atoms with van der Waals surface area (Å²) in [6.07, 6.45) is 0. The van der Waals surface area contributed by atoms with E-state index in [0.717, 1.165) is 16.9 Å². The highest BCUT2D eigenvalue weighted by Gasteiger charge is 2.20. The maximum atomic E-state index is 12.1. The molecule has 0 aliphatic heterocycles. The van der Waals surface area contributed by atoms with Crippen LogP contribution in [0.3, 0.4) is 0 Å². The van der Waals surface area contributed by atoms with Crippen LogP contribution in [0.4, 0.5) is 0 Å². The molecule has 2 heterocycles. The van der Waals surface area contributed by atoms with Gasteiger partial charge in [-0.25, -0.2) is 13.1 Å². The van der Waals surface area contributed by atoms with Crippen LogP contribution in [0.2, 0.25) is 0 Å². The quantitative estimate of drug-likeness (QED) is 0.891. The van der Waals surface area contributed by atoms with Crippen LogP contribution in [0, 0.1) is 0 Å². The highest BCUT2D eigenvalue weighted by molar-refractivity contribution is 7.91. The number of aliphatic hydroxyl groups excluding tert-OH is 1. The Morgan fingerprint density at radius 3 is 2.78 bits per heavy atom. The molecule has 2 N–H and O–H groups in total. The van der Waals surface area contributed by atoms with Gasteiger partial charge in [-0.05, 0) is 46.3 Å². The predicted octanol–water partition coefficient (Wildman–Crippen LogP) is 2.34. The van der Waals surface area contributed by atoms with Gasteiger partial charge in [-0.1, -0.05) is 0 Å². The Bertz CT molecular complexity index is 601. The summed E-state index contributed by atoms with van der Waals surface area (Å²) < 4.78 is 27.0. The van der Waals surface area contributed by atoms with E-state index in [-0.39, 0.29) is 16.9 Å². The summed E-state index contributed by atoms with van der Waals surface area (Å²) in [6.45, 7) is 1.66. The smallest absolute Gasteiger partial charge is 0.250 e. The van der Waals surface area contributed by atoms with E-state index in [1.54, 1.807) is 12.3 Å². The number of sulfonamides is 1. The molecular weight excluding hydrogens is 290 g/mol. The number of rotatable bonds is 5. The largest absolute Gasteiger partial charge is 0.392 e. The topological polar surface area (TPSA) is 66.4 Å². The first-order valence-corrected chi connectivity index (χ1v) is 8.56. The molecule has 2 rings (SSSR count). The third-order valence-corrected chi connectivity index (χ3v) is 6.18. The fourth-order valence-corrected chi connectivity index (χ4v) is 4.66. The van der Waals surface area contributed by atoms with E-state index in [2.05, 4.69) is 4.72 Å². The molecule has 0 fully saturated rings. The first-order valence-electron chi connectivity index (χ1n) is 5.25. The Balaban J connectivity index is 2.17. The van der Waals surface area contributed by atoms with Crippen LogP contribution >= 0.6 is 22.7 Å². The monoisotopic (exact) mass is 303 g/mol. The molecule has 0 spiro atoms. The fourth-order valence-electron chi connectivity index (χ4n) is 1.46. The molecule has 1 unspecified atom stereocenters. The van der Waals surface area contributed by atoms with E-state index < -0.39 is 10.0 Å². The molecule has 4 nitrogen and oxygen atoms in total. The lowest BCUT2D eigenvalue weighted by Gasteiger charge is -2.11. The summed E-state index contributed by atoms with van der Waals surface area (Å²) in [4.78, 5) is 0. The van der Waals surface area contributed by atoms with Gasteiger partial charge in [0.1, 0.15) is 4.21 Å². The zero-order chi connectivity index (χ0) is 13.2. The zero-order valence-electron chi connectivity index (χ0n) is 9.66. The molecule has 0 amide bonds. The van der Waals surface area contributed by atoms with Crippen LogP contribution in [-0.4, -0.2) is 13.5 Å². The lowest BCUT2D eigenvalue weighted by molar-refractivity contribution is 0.282. The molecule has 0 aliphatic rings. The molecule has 2 aromatic rings. The van der Waals surface area contributed by atoms with E-state index in [0.29, 0.717) is 5.56 Å². The Hall–Kier alpha value is -0.730. The molecule has 0 aliphatic carbocycles. The minimum atomic E-state index is -3.51. The SMILES string of the molecule is CC(NS(=O)(=O)c1cc(CO)cs1)c1ccsc1. The van der Waals surface area contributed by atoms with Crippen molar-refractivity contribution in [1.82, 2.24) is 4.72 Å². The van der Waals surface area contributed by atoms with Crippen LogP contribution in [0.15, 0.2) is 32.5 Å². The highest BCUT2D eigenvalue weighted by atomic mass is 32.2. The number of aliphatic hydroxyl groups is 1. The van der Waals surface area contributed by atoms with Crippen molar-refractivity contribution in [2.24, 2.45) is 0 Å². The van der Waals surface area contributed by atoms with Crippen molar-refractivity contribution >= 4 is 32.7 Å². The molecule has 0 radical (unpaired) electrons. The average Bonchev–Trinajstić information content (AvgIpc) is 3.00. The number of hydrogen-bond acceptors (Lipinski definition) is 5. The van der Waals surface area contributed by atoms with E-state index in [1.807, 2.05) is 16.8 Å². The first kappa shape index (κ1) is 13.7. The van der Waals surface area contributed by atoms with E-state index in [4.69, 9.17) is 5.11 Å². The molecule has 1 atom stereocenters. The third-order valence-electron chi connectivity index (χ3n) is 2.45. The summed E-state index contributed by atoms with van der Waals surface area (Å²) in [5.41, 5.74) is 1.56.